The summed E-state index contributed by atoms with van der Waals surface area (Å²) in [6.45, 7) is 1.72. The Hall–Kier alpha value is -1.90. The smallest absolute Gasteiger partial charge is 0.0704 e. The third-order valence-corrected chi connectivity index (χ3v) is 3.63. The van der Waals surface area contributed by atoms with Crippen LogP contribution in [-0.2, 0) is 0 Å². The number of aliphatic hydroxyl groups is 1. The van der Waals surface area contributed by atoms with Gasteiger partial charge < -0.3 is 10.8 Å². The van der Waals surface area contributed by atoms with E-state index in [9.17, 15) is 5.11 Å². The molecule has 0 saturated heterocycles. The van der Waals surface area contributed by atoms with Gasteiger partial charge in [0.15, 0.2) is 0 Å². The average molecular weight is 251 g/mol. The van der Waals surface area contributed by atoms with Crippen LogP contribution in [0.3, 0.4) is 0 Å². The maximum Gasteiger partial charge on any atom is 0.0704 e. The van der Waals surface area contributed by atoms with E-state index in [0.29, 0.717) is 0 Å². The third kappa shape index (κ3) is 2.21. The van der Waals surface area contributed by atoms with Crippen LogP contribution in [0.2, 0.25) is 0 Å². The second-order valence-electron chi connectivity index (χ2n) is 5.07. The molecular formula is C17H17NO. The lowest BCUT2D eigenvalue weighted by Gasteiger charge is -2.15. The summed E-state index contributed by atoms with van der Waals surface area (Å²) >= 11 is 0. The van der Waals surface area contributed by atoms with Crippen molar-refractivity contribution in [1.29, 1.82) is 0 Å². The van der Waals surface area contributed by atoms with Gasteiger partial charge in [0.25, 0.3) is 0 Å². The van der Waals surface area contributed by atoms with Gasteiger partial charge in [0.1, 0.15) is 0 Å². The summed E-state index contributed by atoms with van der Waals surface area (Å²) in [5, 5.41) is 14.4. The van der Waals surface area contributed by atoms with Crippen LogP contribution in [-0.4, -0.2) is 11.2 Å². The molecule has 0 radical (unpaired) electrons. The molecule has 96 valence electrons. The summed E-state index contributed by atoms with van der Waals surface area (Å²) in [5.74, 6) is 0. The Morgan fingerprint density at radius 2 is 1.42 bits per heavy atom. The maximum absolute atomic E-state index is 9.59. The number of hydrogen-bond acceptors (Lipinski definition) is 2. The van der Waals surface area contributed by atoms with Crippen LogP contribution in [0.1, 0.15) is 18.5 Å². The van der Waals surface area contributed by atoms with Gasteiger partial charge in [0, 0.05) is 0 Å². The van der Waals surface area contributed by atoms with Gasteiger partial charge in [0.2, 0.25) is 0 Å². The highest BCUT2D eigenvalue weighted by atomic mass is 16.3. The molecule has 0 saturated carbocycles. The van der Waals surface area contributed by atoms with E-state index in [2.05, 4.69) is 36.4 Å². The van der Waals surface area contributed by atoms with E-state index >= 15 is 0 Å². The van der Waals surface area contributed by atoms with Gasteiger partial charge in [0.05, 0.1) is 12.1 Å². The quantitative estimate of drug-likeness (QED) is 0.686. The topological polar surface area (TPSA) is 46.2 Å². The number of hydrogen-bond donors (Lipinski definition) is 2. The van der Waals surface area contributed by atoms with Crippen LogP contribution in [0.4, 0.5) is 0 Å². The Labute approximate surface area is 112 Å². The number of rotatable bonds is 2. The first-order valence-electron chi connectivity index (χ1n) is 6.51. The van der Waals surface area contributed by atoms with Crippen molar-refractivity contribution < 1.29 is 5.11 Å². The minimum absolute atomic E-state index is 0.337. The predicted octanol–water partition coefficient (Wildman–Crippen LogP) is 3.37. The first-order chi connectivity index (χ1) is 9.15. The molecule has 0 spiro atoms. The molecule has 3 aromatic carbocycles. The van der Waals surface area contributed by atoms with Crippen molar-refractivity contribution in [2.45, 2.75) is 19.1 Å². The summed E-state index contributed by atoms with van der Waals surface area (Å²) < 4.78 is 0. The van der Waals surface area contributed by atoms with Crippen LogP contribution >= 0.6 is 0 Å². The fraction of sp³-hybridized carbons (Fsp3) is 0.176. The molecule has 0 aliphatic rings. The molecule has 0 heterocycles. The van der Waals surface area contributed by atoms with Crippen molar-refractivity contribution in [2.24, 2.45) is 5.73 Å². The van der Waals surface area contributed by atoms with Crippen molar-refractivity contribution in [3.63, 3.8) is 0 Å². The van der Waals surface area contributed by atoms with Gasteiger partial charge in [-0.15, -0.1) is 0 Å². The standard InChI is InChI=1S/C17H17NO/c1-11(19)17(18)15-7-6-14-8-12-4-2-3-5-13(12)9-16(14)10-15/h2-11,17,19H,18H2,1H3/t11-,17+/m0/s1. The monoisotopic (exact) mass is 251 g/mol. The van der Waals surface area contributed by atoms with E-state index < -0.39 is 6.10 Å². The Morgan fingerprint density at radius 1 is 0.842 bits per heavy atom. The zero-order valence-electron chi connectivity index (χ0n) is 10.9. The third-order valence-electron chi connectivity index (χ3n) is 3.63. The molecule has 0 bridgehead atoms. The largest absolute Gasteiger partial charge is 0.391 e. The number of fused-ring (bicyclic) bond motifs is 2. The lowest BCUT2D eigenvalue weighted by Crippen LogP contribution is -2.22. The lowest BCUT2D eigenvalue weighted by atomic mass is 9.97. The van der Waals surface area contributed by atoms with E-state index in [1.165, 1.54) is 16.2 Å². The van der Waals surface area contributed by atoms with E-state index in [4.69, 9.17) is 5.73 Å². The van der Waals surface area contributed by atoms with Crippen molar-refractivity contribution in [3.05, 3.63) is 60.2 Å². The average Bonchev–Trinajstić information content (AvgIpc) is 2.43. The van der Waals surface area contributed by atoms with Gasteiger partial charge in [-0.25, -0.2) is 0 Å². The van der Waals surface area contributed by atoms with Gasteiger partial charge in [-0.1, -0.05) is 36.4 Å². The van der Waals surface area contributed by atoms with Crippen molar-refractivity contribution in [1.82, 2.24) is 0 Å². The van der Waals surface area contributed by atoms with Gasteiger partial charge in [-0.3, -0.25) is 0 Å². The summed E-state index contributed by atoms with van der Waals surface area (Å²) in [5.41, 5.74) is 6.96. The highest BCUT2D eigenvalue weighted by Crippen LogP contribution is 2.26. The zero-order chi connectivity index (χ0) is 13.4. The molecule has 3 aromatic rings. The Kier molecular flexibility index (Phi) is 2.97. The summed E-state index contributed by atoms with van der Waals surface area (Å²) in [6.07, 6.45) is -0.544. The predicted molar refractivity (Wildman–Crippen MR) is 80.1 cm³/mol. The highest BCUT2D eigenvalue weighted by molar-refractivity contribution is 5.98. The van der Waals surface area contributed by atoms with Crippen molar-refractivity contribution >= 4 is 21.5 Å². The fourth-order valence-electron chi connectivity index (χ4n) is 2.44. The molecule has 3 N–H and O–H groups in total. The second-order valence-corrected chi connectivity index (χ2v) is 5.07. The maximum atomic E-state index is 9.59. The van der Waals surface area contributed by atoms with E-state index in [1.807, 2.05) is 18.2 Å². The van der Waals surface area contributed by atoms with Crippen LogP contribution in [0.5, 0.6) is 0 Å². The Balaban J connectivity index is 2.19. The SMILES string of the molecule is C[C@H](O)[C@@H](N)c1ccc2cc3ccccc3cc2c1. The number of aliphatic hydroxyl groups excluding tert-OH is 1. The molecule has 0 fully saturated rings. The first-order valence-corrected chi connectivity index (χ1v) is 6.51. The molecule has 0 unspecified atom stereocenters. The lowest BCUT2D eigenvalue weighted by molar-refractivity contribution is 0.164. The Bertz CT molecular complexity index is 733. The van der Waals surface area contributed by atoms with Gasteiger partial charge in [-0.05, 0) is 52.2 Å². The minimum atomic E-state index is -0.544. The molecular weight excluding hydrogens is 234 g/mol. The normalized spacial score (nSPS) is 14.7. The molecule has 0 aromatic heterocycles. The molecule has 19 heavy (non-hydrogen) atoms. The Morgan fingerprint density at radius 3 is 2.05 bits per heavy atom. The van der Waals surface area contributed by atoms with Gasteiger partial charge in [-0.2, -0.15) is 0 Å². The number of nitrogens with two attached hydrogens (primary N) is 1. The molecule has 0 aliphatic carbocycles. The summed E-state index contributed by atoms with van der Waals surface area (Å²) in [6, 6.07) is 18.5. The first kappa shape index (κ1) is 12.2. The summed E-state index contributed by atoms with van der Waals surface area (Å²) in [4.78, 5) is 0. The van der Waals surface area contributed by atoms with Crippen molar-refractivity contribution in [3.8, 4) is 0 Å². The summed E-state index contributed by atoms with van der Waals surface area (Å²) in [7, 11) is 0. The highest BCUT2D eigenvalue weighted by Gasteiger charge is 2.12. The second kappa shape index (κ2) is 4.65. The van der Waals surface area contributed by atoms with Crippen LogP contribution in [0.25, 0.3) is 21.5 Å². The zero-order valence-corrected chi connectivity index (χ0v) is 10.9. The minimum Gasteiger partial charge on any atom is -0.391 e. The molecule has 2 nitrogen and oxygen atoms in total. The molecule has 2 atom stereocenters. The molecule has 0 amide bonds. The van der Waals surface area contributed by atoms with Crippen LogP contribution < -0.4 is 5.73 Å². The molecule has 2 heteroatoms. The van der Waals surface area contributed by atoms with E-state index in [1.54, 1.807) is 6.92 Å². The number of benzene rings is 3. The fourth-order valence-corrected chi connectivity index (χ4v) is 2.44. The molecule has 0 aliphatic heterocycles. The van der Waals surface area contributed by atoms with E-state index in [0.717, 1.165) is 10.9 Å². The van der Waals surface area contributed by atoms with Crippen LogP contribution in [0.15, 0.2) is 54.6 Å². The van der Waals surface area contributed by atoms with Crippen molar-refractivity contribution in [2.75, 3.05) is 0 Å². The van der Waals surface area contributed by atoms with E-state index in [-0.39, 0.29) is 6.04 Å². The molecule has 3 rings (SSSR count). The van der Waals surface area contributed by atoms with Crippen LogP contribution in [0, 0.1) is 0 Å². The van der Waals surface area contributed by atoms with Gasteiger partial charge >= 0.3 is 0 Å².